The van der Waals surface area contributed by atoms with Gasteiger partial charge in [-0.05, 0) is 55.3 Å². The molecule has 3 aromatic rings. The molecule has 6 nitrogen and oxygen atoms in total. The molecular formula is C21H21NO5. The first-order valence-corrected chi connectivity index (χ1v) is 8.45. The summed E-state index contributed by atoms with van der Waals surface area (Å²) in [5.74, 6) is 0.0652. The van der Waals surface area contributed by atoms with Crippen molar-refractivity contribution in [2.24, 2.45) is 0 Å². The van der Waals surface area contributed by atoms with E-state index in [1.54, 1.807) is 24.3 Å². The van der Waals surface area contributed by atoms with Crippen LogP contribution >= 0.6 is 0 Å². The van der Waals surface area contributed by atoms with Crippen LogP contribution in [0.25, 0.3) is 10.9 Å². The number of benzene rings is 2. The SMILES string of the molecule is COc1ccc(C(=O)COC(=O)c2cc3c(C)cc(C)cc3[nH]2)cc1OC. The second-order valence-electron chi connectivity index (χ2n) is 6.30. The molecule has 0 radical (unpaired) electrons. The highest BCUT2D eigenvalue weighted by atomic mass is 16.5. The van der Waals surface area contributed by atoms with Crippen LogP contribution in [0, 0.1) is 13.8 Å². The van der Waals surface area contributed by atoms with Crippen LogP contribution in [-0.2, 0) is 4.74 Å². The number of aromatic amines is 1. The van der Waals surface area contributed by atoms with E-state index in [9.17, 15) is 9.59 Å². The summed E-state index contributed by atoms with van der Waals surface area (Å²) in [6, 6.07) is 10.6. The fraction of sp³-hybridized carbons (Fsp3) is 0.238. The van der Waals surface area contributed by atoms with Crippen LogP contribution in [0.5, 0.6) is 11.5 Å². The summed E-state index contributed by atoms with van der Waals surface area (Å²) in [6.45, 7) is 3.62. The molecule has 0 saturated carbocycles. The van der Waals surface area contributed by atoms with Gasteiger partial charge in [-0.3, -0.25) is 4.79 Å². The van der Waals surface area contributed by atoms with Gasteiger partial charge < -0.3 is 19.2 Å². The highest BCUT2D eigenvalue weighted by molar-refractivity contribution is 6.01. The van der Waals surface area contributed by atoms with Crippen LogP contribution in [0.2, 0.25) is 0 Å². The predicted molar refractivity (Wildman–Crippen MR) is 102 cm³/mol. The Kier molecular flexibility index (Phi) is 5.16. The summed E-state index contributed by atoms with van der Waals surface area (Å²) in [7, 11) is 3.01. The first-order chi connectivity index (χ1) is 12.9. The average Bonchev–Trinajstić information content (AvgIpc) is 3.09. The van der Waals surface area contributed by atoms with Crippen molar-refractivity contribution in [3.05, 3.63) is 58.8 Å². The lowest BCUT2D eigenvalue weighted by atomic mass is 10.1. The fourth-order valence-corrected chi connectivity index (χ4v) is 3.01. The third-order valence-electron chi connectivity index (χ3n) is 4.35. The molecule has 0 spiro atoms. The van der Waals surface area contributed by atoms with Gasteiger partial charge in [0.15, 0.2) is 23.9 Å². The van der Waals surface area contributed by atoms with Crippen molar-refractivity contribution in [1.82, 2.24) is 4.98 Å². The number of carbonyl (C=O) groups is 2. The van der Waals surface area contributed by atoms with E-state index in [0.29, 0.717) is 22.8 Å². The maximum atomic E-state index is 12.3. The number of methoxy groups -OCH3 is 2. The summed E-state index contributed by atoms with van der Waals surface area (Å²) in [4.78, 5) is 27.7. The number of ketones is 1. The Bertz CT molecular complexity index is 1020. The molecule has 0 fully saturated rings. The number of ether oxygens (including phenoxy) is 3. The zero-order chi connectivity index (χ0) is 19.6. The minimum Gasteiger partial charge on any atom is -0.493 e. The van der Waals surface area contributed by atoms with Gasteiger partial charge in [-0.25, -0.2) is 4.79 Å². The van der Waals surface area contributed by atoms with Crippen LogP contribution in [0.15, 0.2) is 36.4 Å². The van der Waals surface area contributed by atoms with Gasteiger partial charge in [-0.2, -0.15) is 0 Å². The predicted octanol–water partition coefficient (Wildman–Crippen LogP) is 3.84. The van der Waals surface area contributed by atoms with Crippen molar-refractivity contribution in [2.45, 2.75) is 13.8 Å². The third-order valence-corrected chi connectivity index (χ3v) is 4.35. The Morgan fingerprint density at radius 2 is 1.70 bits per heavy atom. The molecule has 0 saturated heterocycles. The topological polar surface area (TPSA) is 77.6 Å². The van der Waals surface area contributed by atoms with Gasteiger partial charge >= 0.3 is 5.97 Å². The van der Waals surface area contributed by atoms with E-state index < -0.39 is 5.97 Å². The number of hydrogen-bond donors (Lipinski definition) is 1. The van der Waals surface area contributed by atoms with Crippen LogP contribution in [-0.4, -0.2) is 37.6 Å². The maximum absolute atomic E-state index is 12.3. The number of carbonyl (C=O) groups excluding carboxylic acids is 2. The monoisotopic (exact) mass is 367 g/mol. The number of rotatable bonds is 6. The van der Waals surface area contributed by atoms with E-state index in [2.05, 4.69) is 4.98 Å². The molecule has 0 aliphatic carbocycles. The lowest BCUT2D eigenvalue weighted by Gasteiger charge is -2.09. The number of hydrogen-bond acceptors (Lipinski definition) is 5. The van der Waals surface area contributed by atoms with Crippen molar-refractivity contribution < 1.29 is 23.8 Å². The highest BCUT2D eigenvalue weighted by Crippen LogP contribution is 2.28. The molecule has 2 aromatic carbocycles. The van der Waals surface area contributed by atoms with Gasteiger partial charge in [-0.15, -0.1) is 0 Å². The van der Waals surface area contributed by atoms with Crippen molar-refractivity contribution in [3.8, 4) is 11.5 Å². The zero-order valence-corrected chi connectivity index (χ0v) is 15.7. The molecule has 0 aliphatic heterocycles. The molecule has 3 rings (SSSR count). The van der Waals surface area contributed by atoms with E-state index in [1.807, 2.05) is 26.0 Å². The molecular weight excluding hydrogens is 346 g/mol. The quantitative estimate of drug-likeness (QED) is 0.529. The van der Waals surface area contributed by atoms with Gasteiger partial charge in [0.2, 0.25) is 0 Å². The third kappa shape index (κ3) is 3.79. The number of esters is 1. The standard InChI is InChI=1S/C21H21NO5/c1-12-7-13(2)15-10-17(22-16(15)8-12)21(24)27-11-18(23)14-5-6-19(25-3)20(9-14)26-4/h5-10,22H,11H2,1-4H3. The van der Waals surface area contributed by atoms with Crippen LogP contribution in [0.1, 0.15) is 32.0 Å². The smallest absolute Gasteiger partial charge is 0.355 e. The number of fused-ring (bicyclic) bond motifs is 1. The minimum atomic E-state index is -0.572. The summed E-state index contributed by atoms with van der Waals surface area (Å²) >= 11 is 0. The van der Waals surface area contributed by atoms with Gasteiger partial charge in [-0.1, -0.05) is 6.07 Å². The number of Topliss-reactive ketones (excluding diaryl/α,β-unsaturated/α-hetero) is 1. The molecule has 1 N–H and O–H groups in total. The van der Waals surface area contributed by atoms with Crippen LogP contribution in [0.3, 0.4) is 0 Å². The first kappa shape index (κ1) is 18.5. The van der Waals surface area contributed by atoms with Crippen molar-refractivity contribution >= 4 is 22.7 Å². The Hall–Kier alpha value is -3.28. The first-order valence-electron chi connectivity index (χ1n) is 8.45. The van der Waals surface area contributed by atoms with Crippen LogP contribution < -0.4 is 9.47 Å². The maximum Gasteiger partial charge on any atom is 0.355 e. The summed E-state index contributed by atoms with van der Waals surface area (Å²) in [6.07, 6.45) is 0. The molecule has 1 heterocycles. The Morgan fingerprint density at radius 1 is 0.963 bits per heavy atom. The van der Waals surface area contributed by atoms with E-state index in [-0.39, 0.29) is 12.4 Å². The molecule has 1 aromatic heterocycles. The molecule has 6 heteroatoms. The van der Waals surface area contributed by atoms with Crippen molar-refractivity contribution in [1.29, 1.82) is 0 Å². The normalized spacial score (nSPS) is 10.7. The van der Waals surface area contributed by atoms with Gasteiger partial charge in [0.05, 0.1) is 14.2 Å². The lowest BCUT2D eigenvalue weighted by molar-refractivity contribution is 0.0470. The second kappa shape index (κ2) is 7.53. The lowest BCUT2D eigenvalue weighted by Crippen LogP contribution is -2.14. The Balaban J connectivity index is 1.72. The number of nitrogens with one attached hydrogen (secondary N) is 1. The summed E-state index contributed by atoms with van der Waals surface area (Å²) < 4.78 is 15.5. The summed E-state index contributed by atoms with van der Waals surface area (Å²) in [5, 5.41) is 0.957. The second-order valence-corrected chi connectivity index (χ2v) is 6.30. The molecule has 140 valence electrons. The van der Waals surface area contributed by atoms with Crippen molar-refractivity contribution in [3.63, 3.8) is 0 Å². The Labute approximate surface area is 157 Å². The molecule has 0 atom stereocenters. The summed E-state index contributed by atoms with van der Waals surface area (Å²) in [5.41, 5.74) is 3.74. The highest BCUT2D eigenvalue weighted by Gasteiger charge is 2.16. The van der Waals surface area contributed by atoms with Gasteiger partial charge in [0.1, 0.15) is 5.69 Å². The fourth-order valence-electron chi connectivity index (χ4n) is 3.01. The van der Waals surface area contributed by atoms with E-state index in [1.165, 1.54) is 14.2 Å². The molecule has 27 heavy (non-hydrogen) atoms. The van der Waals surface area contributed by atoms with E-state index in [4.69, 9.17) is 14.2 Å². The van der Waals surface area contributed by atoms with E-state index >= 15 is 0 Å². The molecule has 0 amide bonds. The number of aromatic nitrogens is 1. The van der Waals surface area contributed by atoms with Crippen molar-refractivity contribution in [2.75, 3.05) is 20.8 Å². The Morgan fingerprint density at radius 3 is 2.41 bits per heavy atom. The largest absolute Gasteiger partial charge is 0.493 e. The molecule has 0 aliphatic rings. The number of aryl methyl sites for hydroxylation is 2. The number of H-pyrrole nitrogens is 1. The zero-order valence-electron chi connectivity index (χ0n) is 15.7. The molecule has 0 bridgehead atoms. The van der Waals surface area contributed by atoms with E-state index in [0.717, 1.165) is 22.0 Å². The van der Waals surface area contributed by atoms with Crippen LogP contribution in [0.4, 0.5) is 0 Å². The molecule has 0 unspecified atom stereocenters. The van der Waals surface area contributed by atoms with Gasteiger partial charge in [0.25, 0.3) is 0 Å². The minimum absolute atomic E-state index is 0.318. The van der Waals surface area contributed by atoms with Gasteiger partial charge in [0, 0.05) is 16.5 Å². The average molecular weight is 367 g/mol.